The number of ether oxygens (including phenoxy) is 2. The SMILES string of the molecule is COc1ccccc1OCC(=O)NCCNC(=O)c1ccc(F)c(F)c1F. The van der Waals surface area contributed by atoms with E-state index < -0.39 is 34.8 Å². The maximum absolute atomic E-state index is 13.5. The van der Waals surface area contributed by atoms with Gasteiger partial charge < -0.3 is 20.1 Å². The summed E-state index contributed by atoms with van der Waals surface area (Å²) in [5.41, 5.74) is -0.625. The van der Waals surface area contributed by atoms with Crippen LogP contribution >= 0.6 is 0 Å². The van der Waals surface area contributed by atoms with Crippen molar-refractivity contribution in [3.8, 4) is 11.5 Å². The van der Waals surface area contributed by atoms with Crippen LogP contribution in [0.2, 0.25) is 0 Å². The number of rotatable bonds is 8. The van der Waals surface area contributed by atoms with Crippen LogP contribution in [0.15, 0.2) is 36.4 Å². The zero-order valence-corrected chi connectivity index (χ0v) is 14.4. The molecule has 0 aliphatic carbocycles. The topological polar surface area (TPSA) is 76.7 Å². The molecule has 0 unspecified atom stereocenters. The van der Waals surface area contributed by atoms with Gasteiger partial charge in [0.2, 0.25) is 0 Å². The van der Waals surface area contributed by atoms with Crippen LogP contribution in [0.4, 0.5) is 13.2 Å². The van der Waals surface area contributed by atoms with E-state index in [4.69, 9.17) is 9.47 Å². The summed E-state index contributed by atoms with van der Waals surface area (Å²) < 4.78 is 49.9. The largest absolute Gasteiger partial charge is 0.493 e. The molecule has 0 radical (unpaired) electrons. The summed E-state index contributed by atoms with van der Waals surface area (Å²) in [6.07, 6.45) is 0. The molecule has 0 saturated carbocycles. The molecule has 2 aromatic carbocycles. The summed E-state index contributed by atoms with van der Waals surface area (Å²) in [5, 5.41) is 4.78. The summed E-state index contributed by atoms with van der Waals surface area (Å²) in [5.74, 6) is -5.17. The Labute approximate surface area is 153 Å². The highest BCUT2D eigenvalue weighted by Crippen LogP contribution is 2.25. The molecular formula is C18H17F3N2O4. The average Bonchev–Trinajstić information content (AvgIpc) is 2.68. The van der Waals surface area contributed by atoms with Crippen molar-refractivity contribution in [2.45, 2.75) is 0 Å². The Bertz CT molecular complexity index is 830. The fourth-order valence-corrected chi connectivity index (χ4v) is 2.11. The van der Waals surface area contributed by atoms with Gasteiger partial charge in [0.15, 0.2) is 35.6 Å². The molecule has 0 atom stereocenters. The second-order valence-corrected chi connectivity index (χ2v) is 5.27. The van der Waals surface area contributed by atoms with Crippen LogP contribution in [-0.4, -0.2) is 38.6 Å². The number of carbonyl (C=O) groups is 2. The maximum Gasteiger partial charge on any atom is 0.258 e. The second-order valence-electron chi connectivity index (χ2n) is 5.27. The molecule has 0 aromatic heterocycles. The van der Waals surface area contributed by atoms with Gasteiger partial charge in [-0.05, 0) is 24.3 Å². The van der Waals surface area contributed by atoms with E-state index in [-0.39, 0.29) is 19.7 Å². The van der Waals surface area contributed by atoms with Crippen LogP contribution in [0.1, 0.15) is 10.4 Å². The third kappa shape index (κ3) is 5.37. The van der Waals surface area contributed by atoms with Gasteiger partial charge in [0, 0.05) is 13.1 Å². The molecule has 0 spiro atoms. The summed E-state index contributed by atoms with van der Waals surface area (Å²) in [4.78, 5) is 23.5. The normalized spacial score (nSPS) is 10.2. The first-order valence-electron chi connectivity index (χ1n) is 7.88. The van der Waals surface area contributed by atoms with E-state index in [2.05, 4.69) is 10.6 Å². The fraction of sp³-hybridized carbons (Fsp3) is 0.222. The molecule has 6 nitrogen and oxygen atoms in total. The van der Waals surface area contributed by atoms with Crippen molar-refractivity contribution in [1.82, 2.24) is 10.6 Å². The van der Waals surface area contributed by atoms with Crippen molar-refractivity contribution in [3.05, 3.63) is 59.4 Å². The quantitative estimate of drug-likeness (QED) is 0.541. The van der Waals surface area contributed by atoms with Crippen molar-refractivity contribution in [1.29, 1.82) is 0 Å². The van der Waals surface area contributed by atoms with E-state index in [0.29, 0.717) is 17.6 Å². The van der Waals surface area contributed by atoms with Gasteiger partial charge in [-0.25, -0.2) is 13.2 Å². The number of carbonyl (C=O) groups excluding carboxylic acids is 2. The van der Waals surface area contributed by atoms with E-state index in [1.165, 1.54) is 7.11 Å². The molecule has 9 heteroatoms. The zero-order chi connectivity index (χ0) is 19.8. The van der Waals surface area contributed by atoms with Gasteiger partial charge >= 0.3 is 0 Å². The second kappa shape index (κ2) is 9.46. The van der Waals surface area contributed by atoms with Gasteiger partial charge in [-0.1, -0.05) is 12.1 Å². The third-order valence-electron chi connectivity index (χ3n) is 3.44. The van der Waals surface area contributed by atoms with E-state index in [1.807, 2.05) is 0 Å². The average molecular weight is 382 g/mol. The molecule has 0 saturated heterocycles. The summed E-state index contributed by atoms with van der Waals surface area (Å²) in [7, 11) is 1.47. The van der Waals surface area contributed by atoms with Gasteiger partial charge in [-0.3, -0.25) is 9.59 Å². The van der Waals surface area contributed by atoms with E-state index in [9.17, 15) is 22.8 Å². The predicted molar refractivity (Wildman–Crippen MR) is 90.1 cm³/mol. The number of halogens is 3. The Hall–Kier alpha value is -3.23. The van der Waals surface area contributed by atoms with Gasteiger partial charge in [0.1, 0.15) is 0 Å². The first-order valence-corrected chi connectivity index (χ1v) is 7.88. The van der Waals surface area contributed by atoms with Crippen molar-refractivity contribution >= 4 is 11.8 Å². The molecule has 144 valence electrons. The highest BCUT2D eigenvalue weighted by Gasteiger charge is 2.18. The molecule has 0 aliphatic heterocycles. The molecule has 2 amide bonds. The zero-order valence-electron chi connectivity index (χ0n) is 14.4. The molecular weight excluding hydrogens is 365 g/mol. The minimum Gasteiger partial charge on any atom is -0.493 e. The van der Waals surface area contributed by atoms with Gasteiger partial charge in [-0.15, -0.1) is 0 Å². The summed E-state index contributed by atoms with van der Waals surface area (Å²) in [6, 6.07) is 8.29. The monoisotopic (exact) mass is 382 g/mol. The Kier molecular flexibility index (Phi) is 7.04. The first kappa shape index (κ1) is 20.1. The molecule has 2 rings (SSSR count). The highest BCUT2D eigenvalue weighted by molar-refractivity contribution is 5.94. The van der Waals surface area contributed by atoms with Crippen molar-refractivity contribution < 1.29 is 32.2 Å². The van der Waals surface area contributed by atoms with Gasteiger partial charge in [0.05, 0.1) is 12.7 Å². The third-order valence-corrected chi connectivity index (χ3v) is 3.44. The van der Waals surface area contributed by atoms with Gasteiger partial charge in [0.25, 0.3) is 11.8 Å². The number of amides is 2. The lowest BCUT2D eigenvalue weighted by molar-refractivity contribution is -0.123. The Morgan fingerprint density at radius 2 is 1.59 bits per heavy atom. The van der Waals surface area contributed by atoms with E-state index in [1.54, 1.807) is 24.3 Å². The van der Waals surface area contributed by atoms with Crippen LogP contribution in [0.3, 0.4) is 0 Å². The number of benzene rings is 2. The number of hydrogen-bond donors (Lipinski definition) is 2. The molecule has 27 heavy (non-hydrogen) atoms. The smallest absolute Gasteiger partial charge is 0.258 e. The molecule has 2 aromatic rings. The van der Waals surface area contributed by atoms with E-state index in [0.717, 1.165) is 6.07 Å². The Morgan fingerprint density at radius 3 is 2.30 bits per heavy atom. The highest BCUT2D eigenvalue weighted by atomic mass is 19.2. The van der Waals surface area contributed by atoms with Crippen LogP contribution in [-0.2, 0) is 4.79 Å². The van der Waals surface area contributed by atoms with Crippen LogP contribution in [0.25, 0.3) is 0 Å². The van der Waals surface area contributed by atoms with Crippen LogP contribution in [0, 0.1) is 17.5 Å². The van der Waals surface area contributed by atoms with Gasteiger partial charge in [-0.2, -0.15) is 0 Å². The minimum atomic E-state index is -1.72. The maximum atomic E-state index is 13.5. The van der Waals surface area contributed by atoms with E-state index >= 15 is 0 Å². The molecule has 0 aliphatic rings. The number of hydrogen-bond acceptors (Lipinski definition) is 4. The van der Waals surface area contributed by atoms with Crippen molar-refractivity contribution in [3.63, 3.8) is 0 Å². The number of nitrogens with one attached hydrogen (secondary N) is 2. The van der Waals surface area contributed by atoms with Crippen LogP contribution in [0.5, 0.6) is 11.5 Å². The molecule has 0 heterocycles. The first-order chi connectivity index (χ1) is 12.9. The van der Waals surface area contributed by atoms with Crippen LogP contribution < -0.4 is 20.1 Å². The lowest BCUT2D eigenvalue weighted by Gasteiger charge is -2.11. The number of methoxy groups -OCH3 is 1. The standard InChI is InChI=1S/C18H17F3N2O4/c1-26-13-4-2-3-5-14(13)27-10-15(24)22-8-9-23-18(25)11-6-7-12(19)17(21)16(11)20/h2-7H,8-10H2,1H3,(H,22,24)(H,23,25). The minimum absolute atomic E-state index is 0.0329. The lowest BCUT2D eigenvalue weighted by atomic mass is 10.2. The fourth-order valence-electron chi connectivity index (χ4n) is 2.11. The van der Waals surface area contributed by atoms with Crippen molar-refractivity contribution in [2.75, 3.05) is 26.8 Å². The summed E-state index contributed by atoms with van der Waals surface area (Å²) in [6.45, 7) is -0.283. The van der Waals surface area contributed by atoms with Crippen molar-refractivity contribution in [2.24, 2.45) is 0 Å². The summed E-state index contributed by atoms with van der Waals surface area (Å²) >= 11 is 0. The molecule has 0 fully saturated rings. The Balaban J connectivity index is 1.74. The molecule has 0 bridgehead atoms. The number of para-hydroxylation sites is 2. The lowest BCUT2D eigenvalue weighted by Crippen LogP contribution is -2.37. The Morgan fingerprint density at radius 1 is 0.926 bits per heavy atom. The molecule has 2 N–H and O–H groups in total. The predicted octanol–water partition coefficient (Wildman–Crippen LogP) is 2.04.